The van der Waals surface area contributed by atoms with Crippen LogP contribution >= 0.6 is 0 Å². The first-order chi connectivity index (χ1) is 7.36. The quantitative estimate of drug-likeness (QED) is 0.676. The van der Waals surface area contributed by atoms with E-state index in [1.54, 1.807) is 0 Å². The Morgan fingerprint density at radius 2 is 1.87 bits per heavy atom. The van der Waals surface area contributed by atoms with Crippen LogP contribution in [0.4, 0.5) is 0 Å². The molecule has 0 aliphatic heterocycles. The van der Waals surface area contributed by atoms with Crippen LogP contribution in [-0.4, -0.2) is 0 Å². The molecule has 1 aromatic carbocycles. The first-order valence-electron chi connectivity index (χ1n) is 5.87. The van der Waals surface area contributed by atoms with E-state index in [-0.39, 0.29) is 0 Å². The molecule has 76 valence electrons. The summed E-state index contributed by atoms with van der Waals surface area (Å²) in [7, 11) is 0. The zero-order valence-electron chi connectivity index (χ0n) is 8.82. The van der Waals surface area contributed by atoms with E-state index < -0.39 is 0 Å². The Bertz CT molecular complexity index is 398. The molecular weight excluding hydrogens is 182 g/mol. The molecule has 0 saturated heterocycles. The lowest BCUT2D eigenvalue weighted by Crippen LogP contribution is -2.08. The molecule has 0 N–H and O–H groups in total. The number of hydrogen-bond acceptors (Lipinski definition) is 1. The van der Waals surface area contributed by atoms with Crippen LogP contribution in [0.1, 0.15) is 42.7 Å². The van der Waals surface area contributed by atoms with Crippen LogP contribution < -0.4 is 0 Å². The minimum absolute atomic E-state index is 0.780. The predicted octanol–water partition coefficient (Wildman–Crippen LogP) is 3.46. The molecule has 1 nitrogen and oxygen atoms in total. The maximum atomic E-state index is 8.75. The number of fused-ring (bicyclic) bond motifs is 2. The third kappa shape index (κ3) is 1.45. The van der Waals surface area contributed by atoms with Gasteiger partial charge in [0.1, 0.15) is 0 Å². The van der Waals surface area contributed by atoms with Crippen molar-refractivity contribution in [1.29, 1.82) is 5.26 Å². The normalized spacial score (nSPS) is 32.9. The fourth-order valence-corrected chi connectivity index (χ4v) is 3.46. The van der Waals surface area contributed by atoms with Gasteiger partial charge in [0.05, 0.1) is 11.6 Å². The molecule has 0 spiro atoms. The van der Waals surface area contributed by atoms with Gasteiger partial charge in [-0.3, -0.25) is 0 Å². The summed E-state index contributed by atoms with van der Waals surface area (Å²) in [6, 6.07) is 10.4. The lowest BCUT2D eigenvalue weighted by molar-refractivity contribution is 0.420. The molecule has 0 radical (unpaired) electrons. The zero-order valence-corrected chi connectivity index (χ0v) is 8.82. The van der Waals surface area contributed by atoms with E-state index in [0.717, 1.165) is 23.3 Å². The summed E-state index contributed by atoms with van der Waals surface area (Å²) in [6.07, 6.45) is 5.72. The first-order valence-corrected chi connectivity index (χ1v) is 5.87. The minimum Gasteiger partial charge on any atom is -0.192 e. The molecule has 2 saturated carbocycles. The van der Waals surface area contributed by atoms with Crippen molar-refractivity contribution in [3.05, 3.63) is 35.4 Å². The molecule has 1 heteroatoms. The Morgan fingerprint density at radius 3 is 2.40 bits per heavy atom. The molecule has 1 aromatic rings. The molecule has 0 aromatic heterocycles. The van der Waals surface area contributed by atoms with Crippen molar-refractivity contribution in [2.75, 3.05) is 0 Å². The monoisotopic (exact) mass is 197 g/mol. The highest BCUT2D eigenvalue weighted by Crippen LogP contribution is 2.52. The summed E-state index contributed by atoms with van der Waals surface area (Å²) in [5.41, 5.74) is 2.24. The van der Waals surface area contributed by atoms with Gasteiger partial charge in [-0.25, -0.2) is 0 Å². The third-order valence-corrected chi connectivity index (χ3v) is 4.21. The summed E-state index contributed by atoms with van der Waals surface area (Å²) < 4.78 is 0. The Hall–Kier alpha value is -1.29. The summed E-state index contributed by atoms with van der Waals surface area (Å²) in [6.45, 7) is 0. The highest BCUT2D eigenvalue weighted by molar-refractivity contribution is 5.34. The van der Waals surface area contributed by atoms with Crippen molar-refractivity contribution in [2.24, 2.45) is 11.8 Å². The van der Waals surface area contributed by atoms with Gasteiger partial charge in [0.15, 0.2) is 0 Å². The number of rotatable bonds is 1. The number of benzene rings is 1. The van der Waals surface area contributed by atoms with Gasteiger partial charge >= 0.3 is 0 Å². The van der Waals surface area contributed by atoms with Crippen molar-refractivity contribution in [3.63, 3.8) is 0 Å². The lowest BCUT2D eigenvalue weighted by Gasteiger charge is -2.21. The van der Waals surface area contributed by atoms with E-state index in [2.05, 4.69) is 18.2 Å². The second-order valence-corrected chi connectivity index (χ2v) is 5.02. The lowest BCUT2D eigenvalue weighted by atomic mass is 9.83. The highest BCUT2D eigenvalue weighted by atomic mass is 14.4. The Labute approximate surface area is 90.7 Å². The molecule has 0 amide bonds. The topological polar surface area (TPSA) is 23.8 Å². The van der Waals surface area contributed by atoms with Gasteiger partial charge in [-0.15, -0.1) is 0 Å². The van der Waals surface area contributed by atoms with E-state index in [1.807, 2.05) is 12.1 Å². The SMILES string of the molecule is N#Cc1ccc([C@H]2C[C@@H]3CC[C@@H]2C3)cc1. The Morgan fingerprint density at radius 1 is 1.07 bits per heavy atom. The van der Waals surface area contributed by atoms with E-state index in [9.17, 15) is 0 Å². The molecule has 0 heterocycles. The highest BCUT2D eigenvalue weighted by Gasteiger charge is 2.39. The summed E-state index contributed by atoms with van der Waals surface area (Å²) in [5, 5.41) is 8.75. The van der Waals surface area contributed by atoms with Gasteiger partial charge in [-0.1, -0.05) is 18.6 Å². The van der Waals surface area contributed by atoms with Crippen LogP contribution in [-0.2, 0) is 0 Å². The van der Waals surface area contributed by atoms with Gasteiger partial charge < -0.3 is 0 Å². The summed E-state index contributed by atoms with van der Waals surface area (Å²) >= 11 is 0. The van der Waals surface area contributed by atoms with Crippen molar-refractivity contribution in [3.8, 4) is 6.07 Å². The molecule has 2 aliphatic carbocycles. The fraction of sp³-hybridized carbons (Fsp3) is 0.500. The maximum Gasteiger partial charge on any atom is 0.0991 e. The Kier molecular flexibility index (Phi) is 2.02. The Balaban J connectivity index is 1.85. The molecule has 2 fully saturated rings. The van der Waals surface area contributed by atoms with Crippen LogP contribution in [0.15, 0.2) is 24.3 Å². The van der Waals surface area contributed by atoms with Gasteiger partial charge in [0, 0.05) is 0 Å². The minimum atomic E-state index is 0.780. The van der Waals surface area contributed by atoms with Crippen molar-refractivity contribution < 1.29 is 0 Å². The third-order valence-electron chi connectivity index (χ3n) is 4.21. The van der Waals surface area contributed by atoms with Gasteiger partial charge in [0.25, 0.3) is 0 Å². The summed E-state index contributed by atoms with van der Waals surface area (Å²) in [4.78, 5) is 0. The van der Waals surface area contributed by atoms with E-state index >= 15 is 0 Å². The largest absolute Gasteiger partial charge is 0.192 e. The van der Waals surface area contributed by atoms with Crippen LogP contribution in [0.3, 0.4) is 0 Å². The second kappa shape index (κ2) is 3.38. The number of nitrogens with zero attached hydrogens (tertiary/aromatic N) is 1. The first kappa shape index (κ1) is 8.97. The average Bonchev–Trinajstić information content (AvgIpc) is 2.91. The summed E-state index contributed by atoms with van der Waals surface area (Å²) in [5.74, 6) is 2.72. The molecular formula is C14H15N. The zero-order chi connectivity index (χ0) is 10.3. The molecule has 3 rings (SSSR count). The maximum absolute atomic E-state index is 8.75. The number of hydrogen-bond donors (Lipinski definition) is 0. The molecule has 2 bridgehead atoms. The second-order valence-electron chi connectivity index (χ2n) is 5.02. The number of nitriles is 1. The molecule has 0 unspecified atom stereocenters. The van der Waals surface area contributed by atoms with Crippen molar-refractivity contribution in [1.82, 2.24) is 0 Å². The fourth-order valence-electron chi connectivity index (χ4n) is 3.46. The van der Waals surface area contributed by atoms with Crippen molar-refractivity contribution in [2.45, 2.75) is 31.6 Å². The average molecular weight is 197 g/mol. The van der Waals surface area contributed by atoms with Crippen LogP contribution in [0.2, 0.25) is 0 Å². The standard InChI is InChI=1S/C14H15N/c15-9-10-1-4-12(5-2-10)14-8-11-3-6-13(14)7-11/h1-2,4-5,11,13-14H,3,6-8H2/t11-,13-,14-/m1/s1. The van der Waals surface area contributed by atoms with Crippen molar-refractivity contribution >= 4 is 0 Å². The van der Waals surface area contributed by atoms with Gasteiger partial charge in [-0.2, -0.15) is 5.26 Å². The smallest absolute Gasteiger partial charge is 0.0991 e. The predicted molar refractivity (Wildman–Crippen MR) is 59.3 cm³/mol. The molecule has 15 heavy (non-hydrogen) atoms. The van der Waals surface area contributed by atoms with E-state index in [0.29, 0.717) is 0 Å². The van der Waals surface area contributed by atoms with Gasteiger partial charge in [0.2, 0.25) is 0 Å². The molecule has 2 aliphatic rings. The van der Waals surface area contributed by atoms with Crippen LogP contribution in [0, 0.1) is 23.2 Å². The van der Waals surface area contributed by atoms with Crippen LogP contribution in [0.5, 0.6) is 0 Å². The molecule has 3 atom stereocenters. The van der Waals surface area contributed by atoms with E-state index in [1.165, 1.54) is 31.2 Å². The van der Waals surface area contributed by atoms with E-state index in [4.69, 9.17) is 5.26 Å². The van der Waals surface area contributed by atoms with Crippen LogP contribution in [0.25, 0.3) is 0 Å². The van der Waals surface area contributed by atoms with Gasteiger partial charge in [-0.05, 0) is 54.7 Å².